The van der Waals surface area contributed by atoms with Crippen LogP contribution in [0.2, 0.25) is 0 Å². The van der Waals surface area contributed by atoms with Gasteiger partial charge >= 0.3 is 0 Å². The number of methoxy groups -OCH3 is 1. The summed E-state index contributed by atoms with van der Waals surface area (Å²) < 4.78 is 24.7. The molecule has 3 nitrogen and oxygen atoms in total. The van der Waals surface area contributed by atoms with Gasteiger partial charge in [0.2, 0.25) is 0 Å². The largest absolute Gasteiger partial charge is 0.493 e. The third kappa shape index (κ3) is 3.61. The van der Waals surface area contributed by atoms with E-state index in [9.17, 15) is 9.18 Å². The van der Waals surface area contributed by atoms with Crippen LogP contribution in [0.5, 0.6) is 11.5 Å². The fourth-order valence-corrected chi connectivity index (χ4v) is 2.49. The SMILES string of the molecule is COc1cc(C=O)cc(Br)c1OCc1ccc(F)cc1C. The van der Waals surface area contributed by atoms with Crippen molar-refractivity contribution in [3.05, 3.63) is 57.3 Å². The lowest BCUT2D eigenvalue weighted by molar-refractivity contribution is 0.112. The van der Waals surface area contributed by atoms with Crippen molar-refractivity contribution in [3.8, 4) is 11.5 Å². The molecule has 0 saturated heterocycles. The Kier molecular flexibility index (Phi) is 4.96. The summed E-state index contributed by atoms with van der Waals surface area (Å²) in [4.78, 5) is 10.8. The molecule has 0 unspecified atom stereocenters. The molecule has 5 heteroatoms. The monoisotopic (exact) mass is 352 g/mol. The lowest BCUT2D eigenvalue weighted by Gasteiger charge is -2.14. The molecular weight excluding hydrogens is 339 g/mol. The molecule has 21 heavy (non-hydrogen) atoms. The molecule has 0 spiro atoms. The van der Waals surface area contributed by atoms with E-state index >= 15 is 0 Å². The second kappa shape index (κ2) is 6.72. The number of carbonyl (C=O) groups is 1. The zero-order valence-electron chi connectivity index (χ0n) is 11.7. The van der Waals surface area contributed by atoms with Crippen molar-refractivity contribution in [2.45, 2.75) is 13.5 Å². The predicted octanol–water partition coefficient (Wildman–Crippen LogP) is 4.30. The first-order valence-corrected chi connectivity index (χ1v) is 7.05. The highest BCUT2D eigenvalue weighted by Crippen LogP contribution is 2.36. The van der Waals surface area contributed by atoms with Crippen LogP contribution in [0.25, 0.3) is 0 Å². The summed E-state index contributed by atoms with van der Waals surface area (Å²) in [5.41, 5.74) is 2.18. The number of carbonyl (C=O) groups excluding carboxylic acids is 1. The molecule has 2 aromatic carbocycles. The molecule has 0 aliphatic carbocycles. The minimum atomic E-state index is -0.273. The third-order valence-electron chi connectivity index (χ3n) is 3.06. The average Bonchev–Trinajstić information content (AvgIpc) is 2.46. The summed E-state index contributed by atoms with van der Waals surface area (Å²) >= 11 is 3.36. The van der Waals surface area contributed by atoms with Gasteiger partial charge in [0.15, 0.2) is 11.5 Å². The van der Waals surface area contributed by atoms with Gasteiger partial charge in [-0.25, -0.2) is 4.39 Å². The minimum Gasteiger partial charge on any atom is -0.493 e. The number of benzene rings is 2. The molecule has 0 radical (unpaired) electrons. The van der Waals surface area contributed by atoms with E-state index in [-0.39, 0.29) is 12.4 Å². The van der Waals surface area contributed by atoms with Gasteiger partial charge in [-0.15, -0.1) is 0 Å². The lowest BCUT2D eigenvalue weighted by Crippen LogP contribution is -2.01. The molecule has 0 heterocycles. The summed E-state index contributed by atoms with van der Waals surface area (Å²) in [6, 6.07) is 7.80. The summed E-state index contributed by atoms with van der Waals surface area (Å²) in [6.45, 7) is 2.10. The maximum atomic E-state index is 13.1. The van der Waals surface area contributed by atoms with Crippen LogP contribution in [-0.2, 0) is 6.61 Å². The first-order chi connectivity index (χ1) is 10.0. The van der Waals surface area contributed by atoms with E-state index < -0.39 is 0 Å². The summed E-state index contributed by atoms with van der Waals surface area (Å²) in [6.07, 6.45) is 0.737. The van der Waals surface area contributed by atoms with Gasteiger partial charge in [0, 0.05) is 5.56 Å². The molecule has 110 valence electrons. The molecule has 2 rings (SSSR count). The van der Waals surface area contributed by atoms with Crippen LogP contribution in [0, 0.1) is 12.7 Å². The van der Waals surface area contributed by atoms with E-state index in [1.165, 1.54) is 19.2 Å². The van der Waals surface area contributed by atoms with Crippen LogP contribution < -0.4 is 9.47 Å². The molecule has 0 N–H and O–H groups in total. The van der Waals surface area contributed by atoms with Crippen LogP contribution in [0.15, 0.2) is 34.8 Å². The van der Waals surface area contributed by atoms with Gasteiger partial charge in [-0.3, -0.25) is 4.79 Å². The zero-order chi connectivity index (χ0) is 15.4. The number of hydrogen-bond donors (Lipinski definition) is 0. The van der Waals surface area contributed by atoms with E-state index in [1.54, 1.807) is 18.2 Å². The Morgan fingerprint density at radius 1 is 1.29 bits per heavy atom. The lowest BCUT2D eigenvalue weighted by atomic mass is 10.1. The van der Waals surface area contributed by atoms with Crippen molar-refractivity contribution in [3.63, 3.8) is 0 Å². The van der Waals surface area contributed by atoms with Crippen LogP contribution in [0.3, 0.4) is 0 Å². The van der Waals surface area contributed by atoms with E-state index in [1.807, 2.05) is 6.92 Å². The second-order valence-electron chi connectivity index (χ2n) is 4.51. The number of aldehydes is 1. The van der Waals surface area contributed by atoms with Crippen LogP contribution in [-0.4, -0.2) is 13.4 Å². The number of halogens is 2. The molecule has 0 aliphatic rings. The third-order valence-corrected chi connectivity index (χ3v) is 3.65. The number of rotatable bonds is 5. The molecule has 0 saturated carbocycles. The summed E-state index contributed by atoms with van der Waals surface area (Å²) in [7, 11) is 1.51. The van der Waals surface area contributed by atoms with Gasteiger partial charge in [0.25, 0.3) is 0 Å². The van der Waals surface area contributed by atoms with Gasteiger partial charge < -0.3 is 9.47 Å². The molecule has 0 atom stereocenters. The summed E-state index contributed by atoms with van der Waals surface area (Å²) in [5.74, 6) is 0.698. The van der Waals surface area contributed by atoms with Crippen molar-refractivity contribution in [2.75, 3.05) is 7.11 Å². The first-order valence-electron chi connectivity index (χ1n) is 6.25. The van der Waals surface area contributed by atoms with Crippen molar-refractivity contribution < 1.29 is 18.7 Å². The van der Waals surface area contributed by atoms with Crippen molar-refractivity contribution in [1.82, 2.24) is 0 Å². The smallest absolute Gasteiger partial charge is 0.175 e. The molecule has 0 amide bonds. The van der Waals surface area contributed by atoms with Crippen LogP contribution in [0.1, 0.15) is 21.5 Å². The van der Waals surface area contributed by atoms with Gasteiger partial charge in [0.05, 0.1) is 11.6 Å². The molecule has 0 bridgehead atoms. The zero-order valence-corrected chi connectivity index (χ0v) is 13.2. The highest BCUT2D eigenvalue weighted by molar-refractivity contribution is 9.10. The number of aryl methyl sites for hydroxylation is 1. The van der Waals surface area contributed by atoms with E-state index in [4.69, 9.17) is 9.47 Å². The molecule has 0 aromatic heterocycles. The number of ether oxygens (including phenoxy) is 2. The maximum absolute atomic E-state index is 13.1. The summed E-state index contributed by atoms with van der Waals surface area (Å²) in [5, 5.41) is 0. The molecule has 0 fully saturated rings. The van der Waals surface area contributed by atoms with Crippen molar-refractivity contribution >= 4 is 22.2 Å². The number of hydrogen-bond acceptors (Lipinski definition) is 3. The van der Waals surface area contributed by atoms with E-state index in [0.717, 1.165) is 17.4 Å². The molecule has 0 aliphatic heterocycles. The topological polar surface area (TPSA) is 35.5 Å². The Hall–Kier alpha value is -1.88. The fourth-order valence-electron chi connectivity index (χ4n) is 1.92. The van der Waals surface area contributed by atoms with Gasteiger partial charge in [-0.2, -0.15) is 0 Å². The first kappa shape index (κ1) is 15.5. The Labute approximate surface area is 130 Å². The minimum absolute atomic E-state index is 0.273. The highest BCUT2D eigenvalue weighted by atomic mass is 79.9. The van der Waals surface area contributed by atoms with Gasteiger partial charge in [-0.05, 0) is 58.2 Å². The van der Waals surface area contributed by atoms with Gasteiger partial charge in [0.1, 0.15) is 18.7 Å². The Morgan fingerprint density at radius 2 is 2.05 bits per heavy atom. The fraction of sp³-hybridized carbons (Fsp3) is 0.188. The Bertz CT molecular complexity index is 671. The van der Waals surface area contributed by atoms with Crippen molar-refractivity contribution in [2.24, 2.45) is 0 Å². The quantitative estimate of drug-likeness (QED) is 0.752. The Morgan fingerprint density at radius 3 is 2.67 bits per heavy atom. The second-order valence-corrected chi connectivity index (χ2v) is 5.37. The standard InChI is InChI=1S/C16H14BrFO3/c1-10-5-13(18)4-3-12(10)9-21-16-14(17)6-11(8-19)7-15(16)20-2/h3-8H,9H2,1-2H3. The predicted molar refractivity (Wildman–Crippen MR) is 81.6 cm³/mol. The van der Waals surface area contributed by atoms with E-state index in [0.29, 0.717) is 21.5 Å². The molecular formula is C16H14BrFO3. The Balaban J connectivity index is 2.25. The van der Waals surface area contributed by atoms with Crippen LogP contribution >= 0.6 is 15.9 Å². The average molecular weight is 353 g/mol. The normalized spacial score (nSPS) is 10.3. The van der Waals surface area contributed by atoms with Crippen LogP contribution in [0.4, 0.5) is 4.39 Å². The highest BCUT2D eigenvalue weighted by Gasteiger charge is 2.12. The van der Waals surface area contributed by atoms with Gasteiger partial charge in [-0.1, -0.05) is 6.07 Å². The van der Waals surface area contributed by atoms with Crippen molar-refractivity contribution in [1.29, 1.82) is 0 Å². The maximum Gasteiger partial charge on any atom is 0.175 e. The van der Waals surface area contributed by atoms with E-state index in [2.05, 4.69) is 15.9 Å². The molecule has 2 aromatic rings.